The van der Waals surface area contributed by atoms with Crippen molar-refractivity contribution in [1.29, 1.82) is 0 Å². The third-order valence-electron chi connectivity index (χ3n) is 4.88. The molecular formula is C20H26N2O4S2. The monoisotopic (exact) mass is 422 g/mol. The van der Waals surface area contributed by atoms with Gasteiger partial charge in [0.2, 0.25) is 10.0 Å². The minimum absolute atomic E-state index is 0.116. The van der Waals surface area contributed by atoms with Crippen LogP contribution < -0.4 is 10.1 Å². The van der Waals surface area contributed by atoms with Crippen LogP contribution in [0.3, 0.4) is 0 Å². The molecule has 1 aliphatic rings. The van der Waals surface area contributed by atoms with Crippen LogP contribution >= 0.6 is 11.3 Å². The Balaban J connectivity index is 1.68. The maximum atomic E-state index is 12.9. The van der Waals surface area contributed by atoms with Gasteiger partial charge in [-0.15, -0.1) is 11.3 Å². The molecule has 1 aromatic carbocycles. The van der Waals surface area contributed by atoms with Crippen LogP contribution in [-0.4, -0.2) is 45.4 Å². The lowest BCUT2D eigenvalue weighted by Crippen LogP contribution is -2.36. The number of methoxy groups -OCH3 is 1. The molecule has 1 saturated heterocycles. The van der Waals surface area contributed by atoms with E-state index >= 15 is 0 Å². The number of hydrogen-bond acceptors (Lipinski definition) is 5. The number of piperidine rings is 1. The van der Waals surface area contributed by atoms with Crippen molar-refractivity contribution < 1.29 is 17.9 Å². The molecule has 6 nitrogen and oxygen atoms in total. The molecule has 152 valence electrons. The number of nitrogens with zero attached hydrogens (tertiary/aromatic N) is 1. The van der Waals surface area contributed by atoms with Gasteiger partial charge >= 0.3 is 0 Å². The number of ether oxygens (including phenoxy) is 1. The lowest BCUT2D eigenvalue weighted by atomic mass is 10.1. The first-order chi connectivity index (χ1) is 13.4. The van der Waals surface area contributed by atoms with Crippen LogP contribution in [0.2, 0.25) is 0 Å². The number of carbonyl (C=O) groups excluding carboxylic acids is 1. The van der Waals surface area contributed by atoms with Crippen molar-refractivity contribution in [1.82, 2.24) is 9.62 Å². The van der Waals surface area contributed by atoms with Crippen molar-refractivity contribution in [3.8, 4) is 5.75 Å². The van der Waals surface area contributed by atoms with Gasteiger partial charge in [-0.25, -0.2) is 8.42 Å². The van der Waals surface area contributed by atoms with Crippen molar-refractivity contribution in [3.05, 3.63) is 45.6 Å². The first kappa shape index (κ1) is 20.8. The van der Waals surface area contributed by atoms with Crippen LogP contribution in [0.1, 0.15) is 40.1 Å². The Morgan fingerprint density at radius 1 is 1.21 bits per heavy atom. The third-order valence-corrected chi connectivity index (χ3v) is 7.87. The summed E-state index contributed by atoms with van der Waals surface area (Å²) in [5.74, 6) is 0.432. The maximum Gasteiger partial charge on any atom is 0.262 e. The third kappa shape index (κ3) is 4.56. The molecule has 2 heterocycles. The highest BCUT2D eigenvalue weighted by molar-refractivity contribution is 7.89. The van der Waals surface area contributed by atoms with Crippen LogP contribution in [-0.2, 0) is 16.4 Å². The van der Waals surface area contributed by atoms with Gasteiger partial charge < -0.3 is 10.1 Å². The van der Waals surface area contributed by atoms with E-state index in [1.165, 1.54) is 10.4 Å². The van der Waals surface area contributed by atoms with Gasteiger partial charge in [-0.05, 0) is 49.3 Å². The molecule has 8 heteroatoms. The van der Waals surface area contributed by atoms with Gasteiger partial charge in [0, 0.05) is 19.6 Å². The summed E-state index contributed by atoms with van der Waals surface area (Å²) in [6, 6.07) is 7.45. The fraction of sp³-hybridized carbons (Fsp3) is 0.450. The Labute approximate surface area is 170 Å². The Kier molecular flexibility index (Phi) is 6.74. The van der Waals surface area contributed by atoms with Gasteiger partial charge in [-0.3, -0.25) is 4.79 Å². The zero-order valence-electron chi connectivity index (χ0n) is 16.2. The Morgan fingerprint density at radius 2 is 1.96 bits per heavy atom. The second-order valence-corrected chi connectivity index (χ2v) is 9.72. The van der Waals surface area contributed by atoms with Crippen LogP contribution in [0, 0.1) is 6.92 Å². The first-order valence-corrected chi connectivity index (χ1v) is 11.7. The predicted octanol–water partition coefficient (Wildman–Crippen LogP) is 3.21. The molecule has 1 aromatic heterocycles. The van der Waals surface area contributed by atoms with Crippen molar-refractivity contribution in [2.75, 3.05) is 26.7 Å². The normalized spacial score (nSPS) is 15.4. The number of hydrogen-bond donors (Lipinski definition) is 1. The van der Waals surface area contributed by atoms with Crippen LogP contribution in [0.4, 0.5) is 0 Å². The SMILES string of the molecule is COc1ccc(C)cc1CCNC(=O)c1sccc1S(=O)(=O)N1CCCCC1. The molecule has 1 fully saturated rings. The van der Waals surface area contributed by atoms with E-state index in [4.69, 9.17) is 4.74 Å². The zero-order chi connectivity index (χ0) is 20.1. The van der Waals surface area contributed by atoms with Crippen LogP contribution in [0.5, 0.6) is 5.75 Å². The van der Waals surface area contributed by atoms with E-state index in [2.05, 4.69) is 5.32 Å². The van der Waals surface area contributed by atoms with Crippen LogP contribution in [0.25, 0.3) is 0 Å². The minimum Gasteiger partial charge on any atom is -0.496 e. The molecule has 0 bridgehead atoms. The summed E-state index contributed by atoms with van der Waals surface area (Å²) in [5, 5.41) is 4.51. The van der Waals surface area contributed by atoms with E-state index in [0.717, 1.165) is 47.5 Å². The molecule has 1 N–H and O–H groups in total. The summed E-state index contributed by atoms with van der Waals surface area (Å²) < 4.78 is 32.7. The number of sulfonamides is 1. The molecule has 0 saturated carbocycles. The van der Waals surface area contributed by atoms with Crippen molar-refractivity contribution in [2.24, 2.45) is 0 Å². The molecule has 0 spiro atoms. The minimum atomic E-state index is -3.62. The van der Waals surface area contributed by atoms with E-state index in [9.17, 15) is 13.2 Å². The van der Waals surface area contributed by atoms with E-state index in [-0.39, 0.29) is 15.7 Å². The second-order valence-electron chi connectivity index (χ2n) is 6.90. The number of nitrogens with one attached hydrogen (secondary N) is 1. The number of rotatable bonds is 7. The maximum absolute atomic E-state index is 12.9. The Bertz CT molecular complexity index is 931. The van der Waals surface area contributed by atoms with Gasteiger partial charge in [0.05, 0.1) is 7.11 Å². The highest BCUT2D eigenvalue weighted by atomic mass is 32.2. The summed E-state index contributed by atoms with van der Waals surface area (Å²) in [6.45, 7) is 3.45. The van der Waals surface area contributed by atoms with Gasteiger partial charge in [-0.2, -0.15) is 4.31 Å². The largest absolute Gasteiger partial charge is 0.496 e. The molecule has 0 unspecified atom stereocenters. The summed E-state index contributed by atoms with van der Waals surface area (Å²) >= 11 is 1.16. The summed E-state index contributed by atoms with van der Waals surface area (Å²) in [5.41, 5.74) is 2.13. The highest BCUT2D eigenvalue weighted by Gasteiger charge is 2.30. The van der Waals surface area contributed by atoms with Crippen molar-refractivity contribution in [2.45, 2.75) is 37.5 Å². The zero-order valence-corrected chi connectivity index (χ0v) is 17.9. The van der Waals surface area contributed by atoms with Gasteiger partial charge in [0.25, 0.3) is 5.91 Å². The van der Waals surface area contributed by atoms with E-state index < -0.39 is 10.0 Å². The lowest BCUT2D eigenvalue weighted by Gasteiger charge is -2.25. The molecule has 1 aliphatic heterocycles. The molecule has 0 atom stereocenters. The molecule has 28 heavy (non-hydrogen) atoms. The molecule has 3 rings (SSSR count). The van der Waals surface area contributed by atoms with Crippen molar-refractivity contribution in [3.63, 3.8) is 0 Å². The average Bonchev–Trinajstić information content (AvgIpc) is 3.20. The topological polar surface area (TPSA) is 75.7 Å². The van der Waals surface area contributed by atoms with Gasteiger partial charge in [-0.1, -0.05) is 24.1 Å². The van der Waals surface area contributed by atoms with Crippen molar-refractivity contribution >= 4 is 27.3 Å². The number of carbonyl (C=O) groups is 1. The highest BCUT2D eigenvalue weighted by Crippen LogP contribution is 2.27. The van der Waals surface area contributed by atoms with E-state index in [0.29, 0.717) is 26.1 Å². The lowest BCUT2D eigenvalue weighted by molar-refractivity contribution is 0.0955. The fourth-order valence-electron chi connectivity index (χ4n) is 3.40. The Hall–Kier alpha value is -1.90. The van der Waals surface area contributed by atoms with E-state index in [1.54, 1.807) is 12.5 Å². The molecule has 2 aromatic rings. The van der Waals surface area contributed by atoms with Crippen LogP contribution in [0.15, 0.2) is 34.5 Å². The average molecular weight is 423 g/mol. The number of amides is 1. The quantitative estimate of drug-likeness (QED) is 0.743. The predicted molar refractivity (Wildman–Crippen MR) is 111 cm³/mol. The number of benzene rings is 1. The standard InChI is InChI=1S/C20H26N2O4S2/c1-15-6-7-17(26-2)16(14-15)8-10-21-20(23)19-18(9-13-27-19)28(24,25)22-11-4-3-5-12-22/h6-7,9,13-14H,3-5,8,10-12H2,1-2H3,(H,21,23). The molecule has 0 aliphatic carbocycles. The smallest absolute Gasteiger partial charge is 0.262 e. The van der Waals surface area contributed by atoms with E-state index in [1.807, 2.05) is 25.1 Å². The Morgan fingerprint density at radius 3 is 2.68 bits per heavy atom. The van der Waals surface area contributed by atoms with Gasteiger partial charge in [0.1, 0.15) is 15.5 Å². The molecule has 1 amide bonds. The second kappa shape index (κ2) is 9.07. The number of thiophene rings is 1. The summed E-state index contributed by atoms with van der Waals surface area (Å²) in [7, 11) is -2.00. The first-order valence-electron chi connectivity index (χ1n) is 9.43. The summed E-state index contributed by atoms with van der Waals surface area (Å²) in [4.78, 5) is 13.0. The van der Waals surface area contributed by atoms with Gasteiger partial charge in [0.15, 0.2) is 0 Å². The number of aryl methyl sites for hydroxylation is 1. The fourth-order valence-corrected chi connectivity index (χ4v) is 6.24. The molecular weight excluding hydrogens is 396 g/mol. The molecule has 0 radical (unpaired) electrons. The summed E-state index contributed by atoms with van der Waals surface area (Å²) in [6.07, 6.45) is 3.38.